The van der Waals surface area contributed by atoms with E-state index in [1.807, 2.05) is 0 Å². The lowest BCUT2D eigenvalue weighted by Gasteiger charge is -2.47. The molecule has 7 heteroatoms. The molecule has 0 radical (unpaired) electrons. The smallest absolute Gasteiger partial charge is 0.160 e. The van der Waals surface area contributed by atoms with Crippen molar-refractivity contribution in [2.75, 3.05) is 9.80 Å². The molecule has 0 N–H and O–H groups in total. The number of anilines is 6. The zero-order chi connectivity index (χ0) is 85.6. The second-order valence-corrected chi connectivity index (χ2v) is 38.7. The van der Waals surface area contributed by atoms with E-state index >= 15 is 0 Å². The van der Waals surface area contributed by atoms with E-state index in [-0.39, 0.29) is 16.7 Å². The molecular formula is C121H89N5O2. The molecule has 23 aromatic rings. The fourth-order valence-electron chi connectivity index (χ4n) is 21.9. The first-order valence-electron chi connectivity index (χ1n) is 45.0. The molecule has 8 heterocycles. The number of aromatic nitrogens is 3. The monoisotopic (exact) mass is 1640 g/mol. The van der Waals surface area contributed by atoms with Crippen LogP contribution in [0.15, 0.2) is 379 Å². The Kier molecular flexibility index (Phi) is 15.6. The summed E-state index contributed by atoms with van der Waals surface area (Å²) in [5.41, 5.74) is 39.3. The molecule has 0 spiro atoms. The second-order valence-electron chi connectivity index (χ2n) is 38.7. The summed E-state index contributed by atoms with van der Waals surface area (Å²) in [6.45, 7) is 21.5. The van der Waals surface area contributed by atoms with E-state index < -0.39 is 5.41 Å². The molecule has 3 aliphatic rings. The first-order chi connectivity index (χ1) is 62.4. The summed E-state index contributed by atoms with van der Waals surface area (Å²) in [6.07, 6.45) is 0. The molecule has 0 fully saturated rings. The fourth-order valence-corrected chi connectivity index (χ4v) is 21.9. The molecule has 0 saturated heterocycles. The van der Waals surface area contributed by atoms with Gasteiger partial charge in [0.2, 0.25) is 0 Å². The van der Waals surface area contributed by atoms with Crippen LogP contribution in [0.5, 0.6) is 0 Å². The van der Waals surface area contributed by atoms with Crippen LogP contribution in [0.1, 0.15) is 102 Å². The zero-order valence-electron chi connectivity index (χ0n) is 72.8. The van der Waals surface area contributed by atoms with E-state index in [0.29, 0.717) is 0 Å². The third-order valence-corrected chi connectivity index (χ3v) is 28.1. The van der Waals surface area contributed by atoms with Gasteiger partial charge in [-0.15, -0.1) is 0 Å². The number of para-hydroxylation sites is 5. The van der Waals surface area contributed by atoms with Gasteiger partial charge in [-0.05, 0) is 234 Å². The maximum Gasteiger partial charge on any atom is 0.160 e. The van der Waals surface area contributed by atoms with Crippen LogP contribution in [0.3, 0.4) is 0 Å². The Labute approximate surface area is 742 Å². The molecule has 5 aromatic heterocycles. The van der Waals surface area contributed by atoms with Gasteiger partial charge < -0.3 is 32.3 Å². The molecule has 0 amide bonds. The summed E-state index contributed by atoms with van der Waals surface area (Å²) in [5.74, 6) is -0.357. The summed E-state index contributed by atoms with van der Waals surface area (Å²) >= 11 is 0. The SMILES string of the molecule is CC(C)(C)c1cc(-c2ccccc2)c2c(c1)-c1cccc(c1)-c1ccc3c(c1)c1cc(ccc1n3-c1ccccc1)-c1cccc(c1)-c1cc(C(C)(C)C)cc(-c3ccccc3)c1N1c3cc(-n4c5ccccc5c5ccc6c7ccccc7oc6c54)ccc3C3c4ccc(-n5c6ccccc6c6ccc7c8ccccc8oc7c65)cc4N2c2cc(C(C)(C)C)cc1c23. The van der Waals surface area contributed by atoms with Crippen LogP contribution in [0.2, 0.25) is 0 Å². The normalized spacial score (nSPS) is 13.3. The highest BCUT2D eigenvalue weighted by Gasteiger charge is 2.46. The standard InChI is InChI=1S/C121H89N5O2/c1-119(2,3)79-63-95(71-29-13-10-14-30-71)113-97(65-79)77-35-27-33-73(59-77)75-47-57-103-99(61-75)100-62-76(48-58-104(100)122(103)82-37-17-12-18-38-82)74-34-28-36-78(60-74)98-66-80(120(4,5)6)64-96(72-31-15-11-16-32-72)114(98)126-106-70-84(124-102-44-24-20-40-86(102)90-54-56-92-88-42-22-26-46-110(88)128-118(92)116(90)124)50-52-94(106)111-93-51-49-83(69-105(93)125(113)107-67-81(121(7,8)9)68-108(126)112(107)111)123-101-43-23-19-39-85(101)89-53-55-91-87-41-21-25-45-109(87)127-117(91)115(89)123/h10-70,111H,1-9H3. The van der Waals surface area contributed by atoms with Gasteiger partial charge in [0.1, 0.15) is 11.2 Å². The molecule has 18 aromatic carbocycles. The van der Waals surface area contributed by atoms with Crippen molar-refractivity contribution >= 4 is 143 Å². The molecule has 0 aliphatic carbocycles. The highest BCUT2D eigenvalue weighted by Crippen LogP contribution is 2.66. The van der Waals surface area contributed by atoms with Gasteiger partial charge in [-0.25, -0.2) is 0 Å². The number of furan rings is 2. The maximum absolute atomic E-state index is 7.24. The van der Waals surface area contributed by atoms with E-state index in [1.54, 1.807) is 0 Å². The Morgan fingerprint density at radius 2 is 0.578 bits per heavy atom. The van der Waals surface area contributed by atoms with Crippen molar-refractivity contribution in [2.24, 2.45) is 0 Å². The number of hydrogen-bond donors (Lipinski definition) is 0. The van der Waals surface area contributed by atoms with Crippen molar-refractivity contribution < 1.29 is 8.83 Å². The number of benzene rings is 18. The van der Waals surface area contributed by atoms with Crippen molar-refractivity contribution in [1.29, 1.82) is 0 Å². The van der Waals surface area contributed by atoms with Crippen molar-refractivity contribution in [3.8, 4) is 83.8 Å². The minimum atomic E-state index is -0.425. The van der Waals surface area contributed by atoms with E-state index in [2.05, 4.69) is 456 Å². The summed E-state index contributed by atoms with van der Waals surface area (Å²) in [5, 5.41) is 11.3. The quantitative estimate of drug-likeness (QED) is 0.172. The average molecular weight is 1650 g/mol. The van der Waals surface area contributed by atoms with Crippen molar-refractivity contribution in [3.63, 3.8) is 0 Å². The number of rotatable bonds is 5. The molecule has 128 heavy (non-hydrogen) atoms. The maximum atomic E-state index is 7.24. The fraction of sp³-hybridized carbons (Fsp3) is 0.107. The Balaban J connectivity index is 0.866. The summed E-state index contributed by atoms with van der Waals surface area (Å²) in [4.78, 5) is 5.52. The van der Waals surface area contributed by atoms with E-state index in [1.165, 1.54) is 44.2 Å². The third kappa shape index (κ3) is 10.9. The minimum Gasteiger partial charge on any atom is -0.454 e. The van der Waals surface area contributed by atoms with Crippen molar-refractivity contribution in [3.05, 3.63) is 403 Å². The topological polar surface area (TPSA) is 47.6 Å². The number of fused-ring (bicyclic) bond motifs is 34. The van der Waals surface area contributed by atoms with Crippen molar-refractivity contribution in [1.82, 2.24) is 13.7 Å². The Bertz CT molecular complexity index is 8230. The van der Waals surface area contributed by atoms with Crippen LogP contribution in [-0.4, -0.2) is 13.7 Å². The van der Waals surface area contributed by atoms with Gasteiger partial charge in [0.05, 0.1) is 67.2 Å². The van der Waals surface area contributed by atoms with Gasteiger partial charge in [0.25, 0.3) is 0 Å². The first kappa shape index (κ1) is 74.0. The molecule has 610 valence electrons. The first-order valence-corrected chi connectivity index (χ1v) is 45.0. The number of hydrogen-bond acceptors (Lipinski definition) is 4. The Hall–Kier alpha value is -15.4. The van der Waals surface area contributed by atoms with Crippen LogP contribution in [0.25, 0.3) is 193 Å². The molecule has 26 rings (SSSR count). The molecule has 0 saturated carbocycles. The lowest BCUT2D eigenvalue weighted by Crippen LogP contribution is -2.31. The predicted molar refractivity (Wildman–Crippen MR) is 537 cm³/mol. The molecule has 13 bridgehead atoms. The molecule has 0 atom stereocenters. The van der Waals surface area contributed by atoms with Crippen molar-refractivity contribution in [2.45, 2.75) is 84.5 Å². The Morgan fingerprint density at radius 3 is 1.02 bits per heavy atom. The average Bonchev–Trinajstić information content (AvgIpc) is 0.778. The predicted octanol–water partition coefficient (Wildman–Crippen LogP) is 33.7. The van der Waals surface area contributed by atoms with Crippen LogP contribution in [0.4, 0.5) is 34.1 Å². The zero-order valence-corrected chi connectivity index (χ0v) is 72.8. The number of nitrogens with zero attached hydrogens (tertiary/aromatic N) is 5. The summed E-state index contributed by atoms with van der Waals surface area (Å²) in [6, 6.07) is 141. The lowest BCUT2D eigenvalue weighted by atomic mass is 9.72. The van der Waals surface area contributed by atoms with Gasteiger partial charge in [-0.2, -0.15) is 0 Å². The third-order valence-electron chi connectivity index (χ3n) is 28.1. The van der Waals surface area contributed by atoms with Crippen LogP contribution >= 0.6 is 0 Å². The van der Waals surface area contributed by atoms with Gasteiger partial charge in [-0.1, -0.05) is 287 Å². The Morgan fingerprint density at radius 1 is 0.227 bits per heavy atom. The van der Waals surface area contributed by atoms with Gasteiger partial charge in [0, 0.05) is 105 Å². The van der Waals surface area contributed by atoms with Crippen LogP contribution in [0, 0.1) is 0 Å². The molecule has 7 nitrogen and oxygen atoms in total. The minimum absolute atomic E-state index is 0.299. The van der Waals surface area contributed by atoms with E-state index in [4.69, 9.17) is 8.83 Å². The summed E-state index contributed by atoms with van der Waals surface area (Å²) < 4.78 is 21.9. The van der Waals surface area contributed by atoms with Gasteiger partial charge in [-0.3, -0.25) is 0 Å². The van der Waals surface area contributed by atoms with E-state index in [9.17, 15) is 0 Å². The van der Waals surface area contributed by atoms with E-state index in [0.717, 1.165) is 216 Å². The largest absolute Gasteiger partial charge is 0.454 e. The van der Waals surface area contributed by atoms with Gasteiger partial charge in [0.15, 0.2) is 11.2 Å². The van der Waals surface area contributed by atoms with Crippen LogP contribution < -0.4 is 9.80 Å². The molecular weight excluding hydrogens is 1560 g/mol. The second kappa shape index (κ2) is 27.0. The van der Waals surface area contributed by atoms with Gasteiger partial charge >= 0.3 is 0 Å². The lowest BCUT2D eigenvalue weighted by molar-refractivity contribution is 0.589. The highest BCUT2D eigenvalue weighted by atomic mass is 16.3. The summed E-state index contributed by atoms with van der Waals surface area (Å²) in [7, 11) is 0. The highest BCUT2D eigenvalue weighted by molar-refractivity contribution is 6.24. The molecule has 3 aliphatic heterocycles. The van der Waals surface area contributed by atoms with Crippen LogP contribution in [-0.2, 0) is 16.2 Å². The molecule has 0 unspecified atom stereocenters.